The lowest BCUT2D eigenvalue weighted by Gasteiger charge is -2.37. The number of carbonyl (C=O) groups excluding carboxylic acids is 1. The van der Waals surface area contributed by atoms with E-state index in [1.54, 1.807) is 13.3 Å². The Morgan fingerprint density at radius 2 is 1.77 bits per heavy atom. The van der Waals surface area contributed by atoms with Gasteiger partial charge in [0, 0.05) is 44.8 Å². The van der Waals surface area contributed by atoms with Crippen LogP contribution in [0.4, 0.5) is 11.5 Å². The molecule has 1 aromatic carbocycles. The number of rotatable bonds is 4. The summed E-state index contributed by atoms with van der Waals surface area (Å²) in [6.45, 7) is 3.27. The van der Waals surface area contributed by atoms with E-state index in [0.29, 0.717) is 5.65 Å². The van der Waals surface area contributed by atoms with E-state index in [0.717, 1.165) is 48.8 Å². The number of aromatic nitrogens is 5. The number of hydrogen-bond donors (Lipinski definition) is 0. The second kappa shape index (κ2) is 8.02. The quantitative estimate of drug-likeness (QED) is 0.501. The molecule has 1 aliphatic heterocycles. The lowest BCUT2D eigenvalue weighted by atomic mass is 10.2. The van der Waals surface area contributed by atoms with Crippen LogP contribution in [0.3, 0.4) is 0 Å². The highest BCUT2D eigenvalue weighted by Crippen LogP contribution is 2.30. The molecule has 4 heterocycles. The topological polar surface area (TPSA) is 89.3 Å². The van der Waals surface area contributed by atoms with Crippen LogP contribution in [-0.2, 0) is 0 Å². The third kappa shape index (κ3) is 3.43. The van der Waals surface area contributed by atoms with Crippen LogP contribution in [0.15, 0.2) is 61.4 Å². The predicted octanol–water partition coefficient (Wildman–Crippen LogP) is 2.25. The van der Waals surface area contributed by atoms with Crippen molar-refractivity contribution in [3.05, 3.63) is 67.1 Å². The van der Waals surface area contributed by atoms with E-state index < -0.39 is 0 Å². The molecule has 156 valence electrons. The molecule has 3 aromatic heterocycles. The number of benzene rings is 1. The lowest BCUT2D eigenvalue weighted by molar-refractivity contribution is 0.0959. The van der Waals surface area contributed by atoms with Crippen molar-refractivity contribution in [2.45, 2.75) is 0 Å². The lowest BCUT2D eigenvalue weighted by Crippen LogP contribution is -2.47. The fraction of sp³-hybridized carbons (Fsp3) is 0.227. The van der Waals surface area contributed by atoms with Crippen molar-refractivity contribution in [1.82, 2.24) is 24.5 Å². The van der Waals surface area contributed by atoms with Crippen molar-refractivity contribution < 1.29 is 9.53 Å². The van der Waals surface area contributed by atoms with Crippen molar-refractivity contribution in [1.29, 1.82) is 0 Å². The molecule has 0 bridgehead atoms. The fourth-order valence-electron chi connectivity index (χ4n) is 3.94. The van der Waals surface area contributed by atoms with Crippen LogP contribution in [-0.4, -0.2) is 63.7 Å². The highest BCUT2D eigenvalue weighted by Gasteiger charge is 2.23. The average molecular weight is 415 g/mol. The van der Waals surface area contributed by atoms with Crippen LogP contribution in [0.2, 0.25) is 0 Å². The van der Waals surface area contributed by atoms with Crippen LogP contribution in [0.1, 0.15) is 10.5 Å². The highest BCUT2D eigenvalue weighted by molar-refractivity contribution is 6.01. The summed E-state index contributed by atoms with van der Waals surface area (Å²) in [7, 11) is 1.69. The largest absolute Gasteiger partial charge is 0.495 e. The predicted molar refractivity (Wildman–Crippen MR) is 117 cm³/mol. The van der Waals surface area contributed by atoms with Gasteiger partial charge in [-0.3, -0.25) is 14.3 Å². The molecule has 9 nitrogen and oxygen atoms in total. The monoisotopic (exact) mass is 415 g/mol. The molecule has 0 aliphatic carbocycles. The summed E-state index contributed by atoms with van der Waals surface area (Å²) in [5, 5.41) is 0.838. The van der Waals surface area contributed by atoms with Crippen LogP contribution >= 0.6 is 0 Å². The number of methoxy groups -OCH3 is 1. The average Bonchev–Trinajstić information content (AvgIpc) is 3.28. The summed E-state index contributed by atoms with van der Waals surface area (Å²) in [5.41, 5.74) is 1.93. The van der Waals surface area contributed by atoms with E-state index in [2.05, 4.69) is 35.8 Å². The molecule has 1 fully saturated rings. The molecule has 9 heteroatoms. The smallest absolute Gasteiger partial charge is 0.283 e. The summed E-state index contributed by atoms with van der Waals surface area (Å²) in [5.74, 6) is 1.43. The number of carbonyl (C=O) groups is 1. The minimum absolute atomic E-state index is 0.269. The molecule has 0 N–H and O–H groups in total. The van der Waals surface area contributed by atoms with E-state index in [1.165, 1.54) is 29.5 Å². The van der Waals surface area contributed by atoms with Crippen LogP contribution in [0, 0.1) is 0 Å². The molecule has 0 atom stereocenters. The summed E-state index contributed by atoms with van der Waals surface area (Å²) >= 11 is 0. The SMILES string of the molecule is COc1ccccc1N1CCN(c2ncnc3c2ccn3C(=O)c2cnccn2)CC1. The third-order valence-corrected chi connectivity index (χ3v) is 5.47. The second-order valence-electron chi connectivity index (χ2n) is 7.16. The Bertz CT molecular complexity index is 1220. The van der Waals surface area contributed by atoms with E-state index in [9.17, 15) is 4.79 Å². The van der Waals surface area contributed by atoms with Crippen molar-refractivity contribution >= 4 is 28.4 Å². The van der Waals surface area contributed by atoms with E-state index >= 15 is 0 Å². The number of anilines is 2. The minimum atomic E-state index is -0.270. The molecule has 0 spiro atoms. The number of piperazine rings is 1. The number of fused-ring (bicyclic) bond motifs is 1. The van der Waals surface area contributed by atoms with Gasteiger partial charge < -0.3 is 14.5 Å². The van der Waals surface area contributed by atoms with Gasteiger partial charge in [0.25, 0.3) is 5.91 Å². The molecule has 4 aromatic rings. The Morgan fingerprint density at radius 1 is 0.968 bits per heavy atom. The second-order valence-corrected chi connectivity index (χ2v) is 7.16. The first-order valence-corrected chi connectivity index (χ1v) is 10.0. The van der Waals surface area contributed by atoms with Gasteiger partial charge in [0.2, 0.25) is 0 Å². The van der Waals surface area contributed by atoms with Crippen molar-refractivity contribution in [3.8, 4) is 5.75 Å². The third-order valence-electron chi connectivity index (χ3n) is 5.47. The number of ether oxygens (including phenoxy) is 1. The molecular weight excluding hydrogens is 394 g/mol. The van der Waals surface area contributed by atoms with Gasteiger partial charge in [-0.05, 0) is 18.2 Å². The highest BCUT2D eigenvalue weighted by atomic mass is 16.5. The van der Waals surface area contributed by atoms with Gasteiger partial charge >= 0.3 is 0 Å². The van der Waals surface area contributed by atoms with Crippen LogP contribution in [0.25, 0.3) is 11.0 Å². The zero-order chi connectivity index (χ0) is 21.2. The van der Waals surface area contributed by atoms with Gasteiger partial charge in [-0.15, -0.1) is 0 Å². The Kier molecular flexibility index (Phi) is 4.91. The molecule has 1 aliphatic rings. The van der Waals surface area contributed by atoms with E-state index in [-0.39, 0.29) is 11.6 Å². The van der Waals surface area contributed by atoms with Gasteiger partial charge in [-0.25, -0.2) is 15.0 Å². The number of nitrogens with zero attached hydrogens (tertiary/aromatic N) is 7. The maximum Gasteiger partial charge on any atom is 0.283 e. The molecule has 5 rings (SSSR count). The standard InChI is InChI=1S/C22H21N7O2/c1-31-19-5-3-2-4-18(19)27-10-12-28(13-11-27)20-16-6-9-29(21(16)26-15-25-20)22(30)17-14-23-7-8-24-17/h2-9,14-15H,10-13H2,1H3. The van der Waals surface area contributed by atoms with E-state index in [1.807, 2.05) is 24.3 Å². The first-order valence-electron chi connectivity index (χ1n) is 10.0. The maximum atomic E-state index is 12.8. The molecular formula is C22H21N7O2. The molecule has 0 amide bonds. The first-order chi connectivity index (χ1) is 15.3. The minimum Gasteiger partial charge on any atom is -0.495 e. The number of hydrogen-bond acceptors (Lipinski definition) is 8. The van der Waals surface area contributed by atoms with Crippen LogP contribution < -0.4 is 14.5 Å². The Balaban J connectivity index is 1.39. The first kappa shape index (κ1) is 19.0. The van der Waals surface area contributed by atoms with Crippen molar-refractivity contribution in [2.75, 3.05) is 43.1 Å². The Morgan fingerprint density at radius 3 is 2.55 bits per heavy atom. The van der Waals surface area contributed by atoms with Crippen molar-refractivity contribution in [3.63, 3.8) is 0 Å². The maximum absolute atomic E-state index is 12.8. The summed E-state index contributed by atoms with van der Waals surface area (Å²) in [4.78, 5) is 34.3. The Hall–Kier alpha value is -4.01. The summed E-state index contributed by atoms with van der Waals surface area (Å²) < 4.78 is 7.00. The van der Waals surface area contributed by atoms with Crippen molar-refractivity contribution in [2.24, 2.45) is 0 Å². The van der Waals surface area contributed by atoms with Gasteiger partial charge in [0.05, 0.1) is 24.4 Å². The van der Waals surface area contributed by atoms with Gasteiger partial charge in [-0.1, -0.05) is 12.1 Å². The molecule has 1 saturated heterocycles. The normalized spacial score (nSPS) is 14.1. The van der Waals surface area contributed by atoms with Gasteiger partial charge in [-0.2, -0.15) is 0 Å². The zero-order valence-corrected chi connectivity index (χ0v) is 17.0. The summed E-state index contributed by atoms with van der Waals surface area (Å²) in [6.07, 6.45) is 7.71. The van der Waals surface area contributed by atoms with Gasteiger partial charge in [0.1, 0.15) is 23.6 Å². The molecule has 31 heavy (non-hydrogen) atoms. The molecule has 0 radical (unpaired) electrons. The molecule has 0 saturated carbocycles. The number of para-hydroxylation sites is 2. The van der Waals surface area contributed by atoms with Crippen LogP contribution in [0.5, 0.6) is 5.75 Å². The fourth-order valence-corrected chi connectivity index (χ4v) is 3.94. The van der Waals surface area contributed by atoms with E-state index in [4.69, 9.17) is 4.74 Å². The summed E-state index contributed by atoms with van der Waals surface area (Å²) in [6, 6.07) is 9.94. The Labute approximate surface area is 179 Å². The zero-order valence-electron chi connectivity index (χ0n) is 17.0. The molecule has 0 unspecified atom stereocenters. The van der Waals surface area contributed by atoms with Gasteiger partial charge in [0.15, 0.2) is 5.65 Å².